The molecule has 0 saturated carbocycles. The summed E-state index contributed by atoms with van der Waals surface area (Å²) >= 11 is 1.15. The van der Waals surface area contributed by atoms with Gasteiger partial charge in [-0.1, -0.05) is 148 Å². The Labute approximate surface area is 405 Å². The average molecular weight is 948 g/mol. The van der Waals surface area contributed by atoms with Crippen molar-refractivity contribution in [3.05, 3.63) is 156 Å². The van der Waals surface area contributed by atoms with Crippen molar-refractivity contribution in [2.45, 2.75) is 111 Å². The fourth-order valence-corrected chi connectivity index (χ4v) is 13.1. The fraction of sp³-hybridized carbons (Fsp3) is 0.304. The zero-order valence-corrected chi connectivity index (χ0v) is 42.3. The third-order valence-corrected chi connectivity index (χ3v) is 16.6. The lowest BCUT2D eigenvalue weighted by atomic mass is 10.0. The number of amides is 3. The highest BCUT2D eigenvalue weighted by molar-refractivity contribution is 7.22. The maximum Gasteiger partial charge on any atom is 0.426 e. The van der Waals surface area contributed by atoms with E-state index in [-0.39, 0.29) is 16.8 Å². The van der Waals surface area contributed by atoms with Gasteiger partial charge in [0, 0.05) is 30.5 Å². The van der Waals surface area contributed by atoms with Crippen LogP contribution in [0.4, 0.5) is 20.4 Å². The van der Waals surface area contributed by atoms with E-state index >= 15 is 0 Å². The first-order valence-corrected chi connectivity index (χ1v) is 25.5. The number of hydrogen-bond acceptors (Lipinski definition) is 9. The molecule has 0 fully saturated rings. The molecule has 0 spiro atoms. The van der Waals surface area contributed by atoms with Crippen LogP contribution in [0.25, 0.3) is 10.2 Å². The summed E-state index contributed by atoms with van der Waals surface area (Å²) in [5, 5.41) is 4.83. The van der Waals surface area contributed by atoms with Crippen molar-refractivity contribution in [3.8, 4) is 17.6 Å². The van der Waals surface area contributed by atoms with Crippen LogP contribution in [0.2, 0.25) is 5.04 Å². The number of aromatic nitrogens is 1. The van der Waals surface area contributed by atoms with Crippen LogP contribution in [-0.4, -0.2) is 48.4 Å². The SMILES string of the molecule is C=CC(=O)Cc1ccc(CCC(=O)Nc2cccc(CCC#Cc3cc(O[Si](c4ccccc4)(c4ccccc4)C(C)(C)C)c4nc(N(C(=O)OC(C)(C)C)C(=O)OC(C)(C)C)sc4c3)c2)cc1. The predicted octanol–water partition coefficient (Wildman–Crippen LogP) is 11.8. The van der Waals surface area contributed by atoms with Crippen molar-refractivity contribution in [1.82, 2.24) is 4.98 Å². The van der Waals surface area contributed by atoms with Gasteiger partial charge in [-0.05, 0) is 117 Å². The topological polar surface area (TPSA) is 124 Å². The number of nitrogens with zero attached hydrogens (tertiary/aromatic N) is 2. The van der Waals surface area contributed by atoms with Crippen LogP contribution in [0.15, 0.2) is 134 Å². The zero-order valence-electron chi connectivity index (χ0n) is 40.5. The fourth-order valence-electron chi connectivity index (χ4n) is 7.65. The molecule has 0 bridgehead atoms. The predicted molar refractivity (Wildman–Crippen MR) is 277 cm³/mol. The van der Waals surface area contributed by atoms with Crippen molar-refractivity contribution < 1.29 is 33.1 Å². The molecular weight excluding hydrogens is 887 g/mol. The zero-order chi connectivity index (χ0) is 49.3. The van der Waals surface area contributed by atoms with E-state index in [2.05, 4.69) is 68.8 Å². The van der Waals surface area contributed by atoms with Gasteiger partial charge in [0.15, 0.2) is 5.78 Å². The molecule has 0 radical (unpaired) electrons. The number of rotatable bonds is 14. The summed E-state index contributed by atoms with van der Waals surface area (Å²) in [6, 6.07) is 39.8. The maximum absolute atomic E-state index is 13.8. The second-order valence-electron chi connectivity index (χ2n) is 19.6. The lowest BCUT2D eigenvalue weighted by molar-refractivity contribution is -0.116. The summed E-state index contributed by atoms with van der Waals surface area (Å²) in [5.74, 6) is 7.07. The minimum absolute atomic E-state index is 0.0319. The third kappa shape index (κ3) is 13.2. The number of fused-ring (bicyclic) bond motifs is 1. The number of benzene rings is 5. The molecule has 10 nitrogen and oxygen atoms in total. The molecule has 0 aliphatic rings. The van der Waals surface area contributed by atoms with Gasteiger partial charge in [-0.15, -0.1) is 0 Å². The molecule has 0 aliphatic carbocycles. The van der Waals surface area contributed by atoms with Gasteiger partial charge in [-0.2, -0.15) is 4.90 Å². The number of ether oxygens (including phenoxy) is 2. The molecule has 12 heteroatoms. The Hall–Kier alpha value is -6.81. The van der Waals surface area contributed by atoms with Gasteiger partial charge in [0.1, 0.15) is 22.5 Å². The normalized spacial score (nSPS) is 11.8. The molecule has 0 unspecified atom stereocenters. The van der Waals surface area contributed by atoms with Crippen molar-refractivity contribution in [3.63, 3.8) is 0 Å². The smallest absolute Gasteiger partial charge is 0.426 e. The maximum atomic E-state index is 13.8. The first kappa shape index (κ1) is 50.6. The van der Waals surface area contributed by atoms with Crippen molar-refractivity contribution >= 4 is 74.9 Å². The Balaban J connectivity index is 1.31. The van der Waals surface area contributed by atoms with Gasteiger partial charge >= 0.3 is 20.5 Å². The number of thiazole rings is 1. The van der Waals surface area contributed by atoms with Crippen molar-refractivity contribution in [1.29, 1.82) is 0 Å². The molecule has 5 aromatic carbocycles. The number of hydrogen-bond donors (Lipinski definition) is 1. The Morgan fingerprint density at radius 1 is 0.721 bits per heavy atom. The van der Waals surface area contributed by atoms with Gasteiger partial charge in [-0.3, -0.25) is 9.59 Å². The highest BCUT2D eigenvalue weighted by Crippen LogP contribution is 2.42. The number of nitrogens with one attached hydrogen (secondary N) is 1. The van der Waals surface area contributed by atoms with E-state index < -0.39 is 36.7 Å². The van der Waals surface area contributed by atoms with Crippen molar-refractivity contribution in [2.75, 3.05) is 10.2 Å². The summed E-state index contributed by atoms with van der Waals surface area (Å²) in [4.78, 5) is 58.1. The number of imide groups is 1. The molecule has 6 rings (SSSR count). The highest BCUT2D eigenvalue weighted by atomic mass is 32.1. The van der Waals surface area contributed by atoms with Gasteiger partial charge in [0.2, 0.25) is 11.0 Å². The van der Waals surface area contributed by atoms with E-state index in [9.17, 15) is 19.2 Å². The lowest BCUT2D eigenvalue weighted by Gasteiger charge is -2.43. The molecule has 0 atom stereocenters. The molecule has 1 aromatic heterocycles. The van der Waals surface area contributed by atoms with Crippen LogP contribution in [-0.2, 0) is 38.3 Å². The molecule has 68 heavy (non-hydrogen) atoms. The molecule has 3 amide bonds. The minimum Gasteiger partial charge on any atom is -0.532 e. The Morgan fingerprint density at radius 2 is 1.31 bits per heavy atom. The second kappa shape index (κ2) is 21.4. The summed E-state index contributed by atoms with van der Waals surface area (Å²) in [6.45, 7) is 20.5. The van der Waals surface area contributed by atoms with Gasteiger partial charge < -0.3 is 19.2 Å². The number of allylic oxidation sites excluding steroid dienone is 1. The van der Waals surface area contributed by atoms with Gasteiger partial charge in [0.25, 0.3) is 0 Å². The molecule has 0 saturated heterocycles. The summed E-state index contributed by atoms with van der Waals surface area (Å²) in [6.07, 6.45) is 1.86. The number of aryl methyl sites for hydroxylation is 2. The van der Waals surface area contributed by atoms with E-state index in [1.165, 1.54) is 6.08 Å². The average Bonchev–Trinajstić information content (AvgIpc) is 3.69. The van der Waals surface area contributed by atoms with E-state index in [1.807, 2.05) is 97.1 Å². The third-order valence-electron chi connectivity index (χ3n) is 10.7. The Kier molecular flexibility index (Phi) is 15.9. The Morgan fingerprint density at radius 3 is 1.87 bits per heavy atom. The number of anilines is 2. The van der Waals surface area contributed by atoms with E-state index in [4.69, 9.17) is 18.9 Å². The molecule has 1 N–H and O–H groups in total. The van der Waals surface area contributed by atoms with Crippen LogP contribution >= 0.6 is 11.3 Å². The first-order valence-electron chi connectivity index (χ1n) is 22.8. The summed E-state index contributed by atoms with van der Waals surface area (Å²) in [5.41, 5.74) is 2.98. The molecule has 352 valence electrons. The minimum atomic E-state index is -3.21. The van der Waals surface area contributed by atoms with E-state index in [0.717, 1.165) is 43.3 Å². The number of carbonyl (C=O) groups is 4. The van der Waals surface area contributed by atoms with Crippen LogP contribution in [0.1, 0.15) is 97.4 Å². The van der Waals surface area contributed by atoms with Crippen molar-refractivity contribution in [2.24, 2.45) is 0 Å². The number of ketones is 1. The molecule has 0 aliphatic heterocycles. The van der Waals surface area contributed by atoms with Gasteiger partial charge in [-0.25, -0.2) is 14.6 Å². The Bertz CT molecular complexity index is 2760. The van der Waals surface area contributed by atoms with E-state index in [1.54, 1.807) is 41.5 Å². The standard InChI is InChI=1S/C56H61N3O7SSi/c1-11-44(60)36-41-31-29-39(30-32-41)33-34-49(61)57-43-24-20-23-40(35-43)21-18-19-22-42-37-47(66-68(56(8,9)10,45-25-14-12-15-26-45)46-27-16-13-17-28-46)50-48(38-42)67-51(58-50)59(52(62)64-54(2,3)4)53(63)65-55(5,6)7/h11-17,20,23-32,35,37-38H,1,18,21,33-34,36H2,2-10H3,(H,57,61). The second-order valence-corrected chi connectivity index (χ2v) is 24.8. The van der Waals surface area contributed by atoms with Crippen LogP contribution < -0.4 is 25.0 Å². The largest absolute Gasteiger partial charge is 0.532 e. The lowest BCUT2D eigenvalue weighted by Crippen LogP contribution is -2.68. The number of carbonyl (C=O) groups excluding carboxylic acids is 4. The van der Waals surface area contributed by atoms with Crippen LogP contribution in [0, 0.1) is 11.8 Å². The van der Waals surface area contributed by atoms with Gasteiger partial charge in [0.05, 0.1) is 4.70 Å². The molecule has 1 heterocycles. The molecular formula is C56H61N3O7SSi. The molecule has 6 aromatic rings. The summed E-state index contributed by atoms with van der Waals surface area (Å²) < 4.78 is 19.7. The van der Waals surface area contributed by atoms with Crippen LogP contribution in [0.3, 0.4) is 0 Å². The quantitative estimate of drug-likeness (QED) is 0.0650. The monoisotopic (exact) mass is 947 g/mol. The highest BCUT2D eigenvalue weighted by Gasteiger charge is 2.52. The van der Waals surface area contributed by atoms with Crippen LogP contribution in [0.5, 0.6) is 5.75 Å². The first-order chi connectivity index (χ1) is 32.1. The summed E-state index contributed by atoms with van der Waals surface area (Å²) in [7, 11) is -3.21. The van der Waals surface area contributed by atoms with E-state index in [0.29, 0.717) is 59.3 Å².